The minimum atomic E-state index is -0.213. The molecule has 4 aromatic rings. The molecule has 0 unspecified atom stereocenters. The van der Waals surface area contributed by atoms with E-state index in [9.17, 15) is 4.79 Å². The van der Waals surface area contributed by atoms with Gasteiger partial charge in [0.25, 0.3) is 5.56 Å². The predicted octanol–water partition coefficient (Wildman–Crippen LogP) is 7.61. The third-order valence-electron chi connectivity index (χ3n) is 4.51. The summed E-state index contributed by atoms with van der Waals surface area (Å²) in [5, 5.41) is 10.1. The van der Waals surface area contributed by atoms with Crippen LogP contribution in [0.5, 0.6) is 0 Å². The smallest absolute Gasteiger partial charge is 0.265 e. The van der Waals surface area contributed by atoms with E-state index in [2.05, 4.69) is 28.4 Å². The third kappa shape index (κ3) is 8.85. The molecule has 0 fully saturated rings. The Kier molecular flexibility index (Phi) is 13.4. The summed E-state index contributed by atoms with van der Waals surface area (Å²) >= 11 is 10.9. The van der Waals surface area contributed by atoms with Crippen molar-refractivity contribution in [1.29, 1.82) is 0 Å². The van der Waals surface area contributed by atoms with Gasteiger partial charge in [-0.25, -0.2) is 9.36 Å². The molecule has 0 radical (unpaired) electrons. The number of aryl methyl sites for hydroxylation is 1. The molecule has 0 aliphatic rings. The number of fused-ring (bicyclic) bond motifs is 1. The van der Waals surface area contributed by atoms with Crippen LogP contribution in [-0.2, 0) is 6.54 Å². The number of allylic oxidation sites excluding steroid dienone is 3. The molecule has 5 nitrogen and oxygen atoms in total. The summed E-state index contributed by atoms with van der Waals surface area (Å²) in [5.41, 5.74) is 3.93. The van der Waals surface area contributed by atoms with Crippen LogP contribution in [0.3, 0.4) is 0 Å². The molecule has 2 heterocycles. The van der Waals surface area contributed by atoms with Gasteiger partial charge >= 0.3 is 0 Å². The van der Waals surface area contributed by atoms with Crippen molar-refractivity contribution in [2.45, 2.75) is 41.2 Å². The summed E-state index contributed by atoms with van der Waals surface area (Å²) in [4.78, 5) is 12.8. The average molecular weight is 514 g/mol. The summed E-state index contributed by atoms with van der Waals surface area (Å²) in [6.45, 7) is 13.8. The maximum absolute atomic E-state index is 12.8. The third-order valence-corrected chi connectivity index (χ3v) is 4.83. The molecule has 2 aromatic carbocycles. The van der Waals surface area contributed by atoms with E-state index in [1.54, 1.807) is 16.9 Å². The number of aromatic nitrogens is 4. The molecule has 0 aliphatic carbocycles. The Balaban J connectivity index is 0.000000529. The highest BCUT2D eigenvalue weighted by Gasteiger charge is 2.15. The Bertz CT molecular complexity index is 1280. The fraction of sp³-hybridized carbons (Fsp3) is 0.250. The van der Waals surface area contributed by atoms with E-state index < -0.39 is 0 Å². The molecular formula is C28H34Cl2N4O. The number of benzene rings is 2. The molecule has 2 aromatic heterocycles. The number of alkyl halides is 1. The molecule has 186 valence electrons. The zero-order valence-electron chi connectivity index (χ0n) is 21.3. The zero-order chi connectivity index (χ0) is 26.4. The van der Waals surface area contributed by atoms with Crippen molar-refractivity contribution in [2.24, 2.45) is 0 Å². The predicted molar refractivity (Wildman–Crippen MR) is 151 cm³/mol. The SMILES string of the molecule is C/C=C\C.C=C(C)C.CCl.Cc1c2cnn(Cc3ccccc3)c(=O)c2nn1-c1ccccc1Cl. The minimum Gasteiger partial charge on any atom is -0.265 e. The number of nitrogens with zero attached hydrogens (tertiary/aromatic N) is 4. The first kappa shape index (κ1) is 29.9. The number of rotatable bonds is 3. The van der Waals surface area contributed by atoms with Gasteiger partial charge in [0.05, 0.1) is 29.1 Å². The second-order valence-electron chi connectivity index (χ2n) is 7.68. The van der Waals surface area contributed by atoms with Gasteiger partial charge in [-0.05, 0) is 52.3 Å². The number of para-hydroxylation sites is 1. The van der Waals surface area contributed by atoms with Gasteiger partial charge in [0.1, 0.15) is 0 Å². The summed E-state index contributed by atoms with van der Waals surface area (Å²) in [7, 11) is 0. The lowest BCUT2D eigenvalue weighted by Crippen LogP contribution is -2.23. The molecule has 7 heteroatoms. The van der Waals surface area contributed by atoms with Crippen molar-refractivity contribution in [1.82, 2.24) is 19.6 Å². The zero-order valence-corrected chi connectivity index (χ0v) is 22.8. The standard InChI is InChI=1S/C19H15ClN4O.2C4H8.CH3Cl/c1-13-15-11-21-23(12-14-7-3-2-4-8-14)19(25)18(15)22-24(13)17-10-6-5-9-16(17)20;1-4(2)3;1-3-4-2;1-2/h2-11H,12H2,1H3;1H2,2-3H3;3-4H,1-2H3;1H3/b;;4-3-;. The summed E-state index contributed by atoms with van der Waals surface area (Å²) in [5.74, 6) is 0. The monoisotopic (exact) mass is 512 g/mol. The van der Waals surface area contributed by atoms with Gasteiger partial charge in [-0.3, -0.25) is 4.79 Å². The second kappa shape index (κ2) is 15.7. The highest BCUT2D eigenvalue weighted by molar-refractivity contribution is 6.32. The molecule has 0 saturated carbocycles. The van der Waals surface area contributed by atoms with E-state index >= 15 is 0 Å². The Morgan fingerprint density at radius 2 is 1.54 bits per heavy atom. The molecule has 0 saturated heterocycles. The first-order chi connectivity index (χ1) is 16.8. The number of hydrogen-bond acceptors (Lipinski definition) is 3. The molecule has 0 bridgehead atoms. The van der Waals surface area contributed by atoms with Crippen molar-refractivity contribution in [3.05, 3.63) is 112 Å². The van der Waals surface area contributed by atoms with E-state index in [0.717, 1.165) is 22.3 Å². The van der Waals surface area contributed by atoms with Crippen LogP contribution in [0, 0.1) is 6.92 Å². The summed E-state index contributed by atoms with van der Waals surface area (Å²) in [6, 6.07) is 17.2. The minimum absolute atomic E-state index is 0.213. The number of halogens is 2. The van der Waals surface area contributed by atoms with Crippen molar-refractivity contribution in [2.75, 3.05) is 6.38 Å². The summed E-state index contributed by atoms with van der Waals surface area (Å²) < 4.78 is 3.13. The second-order valence-corrected chi connectivity index (χ2v) is 8.08. The van der Waals surface area contributed by atoms with Gasteiger partial charge in [0, 0.05) is 11.8 Å². The van der Waals surface area contributed by atoms with Gasteiger partial charge < -0.3 is 0 Å². The fourth-order valence-electron chi connectivity index (χ4n) is 2.86. The molecular weight excluding hydrogens is 479 g/mol. The Morgan fingerprint density at radius 1 is 1.00 bits per heavy atom. The van der Waals surface area contributed by atoms with Crippen molar-refractivity contribution in [3.63, 3.8) is 0 Å². The van der Waals surface area contributed by atoms with Gasteiger partial charge in [0.2, 0.25) is 0 Å². The van der Waals surface area contributed by atoms with Gasteiger partial charge in [-0.1, -0.05) is 71.8 Å². The maximum atomic E-state index is 12.8. The van der Waals surface area contributed by atoms with Gasteiger partial charge in [-0.15, -0.1) is 18.2 Å². The molecule has 0 atom stereocenters. The van der Waals surface area contributed by atoms with Crippen LogP contribution in [0.2, 0.25) is 5.02 Å². The quantitative estimate of drug-likeness (QED) is 0.209. The van der Waals surface area contributed by atoms with E-state index in [1.807, 2.05) is 95.3 Å². The highest BCUT2D eigenvalue weighted by Crippen LogP contribution is 2.23. The van der Waals surface area contributed by atoms with Crippen LogP contribution in [0.4, 0.5) is 0 Å². The van der Waals surface area contributed by atoms with Crippen LogP contribution >= 0.6 is 23.2 Å². The molecule has 0 aliphatic heterocycles. The van der Waals surface area contributed by atoms with Crippen molar-refractivity contribution >= 4 is 34.1 Å². The van der Waals surface area contributed by atoms with Crippen LogP contribution in [0.1, 0.15) is 39.0 Å². The molecule has 0 spiro atoms. The molecule has 35 heavy (non-hydrogen) atoms. The molecule has 0 amide bonds. The largest absolute Gasteiger partial charge is 0.295 e. The van der Waals surface area contributed by atoms with Gasteiger partial charge in [0.15, 0.2) is 5.52 Å². The van der Waals surface area contributed by atoms with E-state index in [4.69, 9.17) is 11.6 Å². The van der Waals surface area contributed by atoms with E-state index in [1.165, 1.54) is 16.6 Å². The highest BCUT2D eigenvalue weighted by atomic mass is 35.5. The van der Waals surface area contributed by atoms with Crippen LogP contribution in [0.25, 0.3) is 16.6 Å². The maximum Gasteiger partial charge on any atom is 0.295 e. The number of hydrogen-bond donors (Lipinski definition) is 0. The summed E-state index contributed by atoms with van der Waals surface area (Å²) in [6.07, 6.45) is 7.16. The van der Waals surface area contributed by atoms with Crippen molar-refractivity contribution < 1.29 is 0 Å². The molecule has 0 N–H and O–H groups in total. The fourth-order valence-corrected chi connectivity index (χ4v) is 3.07. The van der Waals surface area contributed by atoms with Gasteiger partial charge in [-0.2, -0.15) is 10.2 Å². The lowest BCUT2D eigenvalue weighted by atomic mass is 10.2. The average Bonchev–Trinajstić information content (AvgIpc) is 3.20. The molecule has 4 rings (SSSR count). The van der Waals surface area contributed by atoms with Crippen LogP contribution < -0.4 is 5.56 Å². The Labute approximate surface area is 218 Å². The van der Waals surface area contributed by atoms with Crippen molar-refractivity contribution in [3.8, 4) is 5.69 Å². The van der Waals surface area contributed by atoms with Crippen LogP contribution in [-0.4, -0.2) is 25.9 Å². The first-order valence-electron chi connectivity index (χ1n) is 11.1. The Morgan fingerprint density at radius 3 is 2.09 bits per heavy atom. The lowest BCUT2D eigenvalue weighted by molar-refractivity contribution is 0.645. The lowest BCUT2D eigenvalue weighted by Gasteiger charge is -2.05. The first-order valence-corrected chi connectivity index (χ1v) is 12.2. The topological polar surface area (TPSA) is 52.7 Å². The normalized spacial score (nSPS) is 9.94. The van der Waals surface area contributed by atoms with E-state index in [-0.39, 0.29) is 5.56 Å². The van der Waals surface area contributed by atoms with Crippen LogP contribution in [0.15, 0.2) is 89.9 Å². The Hall–Kier alpha value is -3.15. The van der Waals surface area contributed by atoms with E-state index in [0.29, 0.717) is 17.1 Å².